The Hall–Kier alpha value is -1.55. The van der Waals surface area contributed by atoms with Gasteiger partial charge >= 0.3 is 0 Å². The number of phenolic OH excluding ortho intramolecular Hbond substituents is 1. The smallest absolute Gasteiger partial charge is 0.129 e. The second-order valence-electron chi connectivity index (χ2n) is 3.37. The summed E-state index contributed by atoms with van der Waals surface area (Å²) in [6.45, 7) is 0.651. The maximum atomic E-state index is 9.32. The van der Waals surface area contributed by atoms with Crippen molar-refractivity contribution in [2.24, 2.45) is 0 Å². The summed E-state index contributed by atoms with van der Waals surface area (Å²) in [5.74, 6) is 0.282. The van der Waals surface area contributed by atoms with Crippen LogP contribution in [0.1, 0.15) is 5.56 Å². The number of nitrogens with one attached hydrogen (secondary N) is 1. The number of aromatic hydroxyl groups is 1. The minimum absolute atomic E-state index is 0.282. The SMILES string of the molecule is Oc1cccc(CNc2cccnc2Br)c1. The third kappa shape index (κ3) is 2.73. The van der Waals surface area contributed by atoms with Crippen molar-refractivity contribution in [1.29, 1.82) is 0 Å². The van der Waals surface area contributed by atoms with Gasteiger partial charge < -0.3 is 10.4 Å². The monoisotopic (exact) mass is 278 g/mol. The van der Waals surface area contributed by atoms with Gasteiger partial charge in [-0.1, -0.05) is 12.1 Å². The molecule has 0 spiro atoms. The average Bonchev–Trinajstić information content (AvgIpc) is 2.28. The number of rotatable bonds is 3. The van der Waals surface area contributed by atoms with Gasteiger partial charge in [0.15, 0.2) is 0 Å². The van der Waals surface area contributed by atoms with Gasteiger partial charge in [-0.3, -0.25) is 0 Å². The van der Waals surface area contributed by atoms with Crippen molar-refractivity contribution in [1.82, 2.24) is 4.98 Å². The lowest BCUT2D eigenvalue weighted by atomic mass is 10.2. The Balaban J connectivity index is 2.05. The Morgan fingerprint density at radius 2 is 2.12 bits per heavy atom. The molecule has 0 fully saturated rings. The molecule has 0 bridgehead atoms. The van der Waals surface area contributed by atoms with E-state index in [1.807, 2.05) is 24.3 Å². The number of halogens is 1. The molecule has 0 unspecified atom stereocenters. The molecule has 0 aliphatic heterocycles. The molecular formula is C12H11BrN2O. The maximum Gasteiger partial charge on any atom is 0.129 e. The molecule has 82 valence electrons. The Bertz CT molecular complexity index is 488. The van der Waals surface area contributed by atoms with Gasteiger partial charge in [0.2, 0.25) is 0 Å². The quantitative estimate of drug-likeness (QED) is 0.848. The number of hydrogen-bond acceptors (Lipinski definition) is 3. The van der Waals surface area contributed by atoms with Crippen LogP contribution < -0.4 is 5.32 Å². The fourth-order valence-electron chi connectivity index (χ4n) is 1.38. The Kier molecular flexibility index (Phi) is 3.41. The average molecular weight is 279 g/mol. The Labute approximate surface area is 102 Å². The first-order chi connectivity index (χ1) is 7.75. The molecule has 0 aliphatic rings. The summed E-state index contributed by atoms with van der Waals surface area (Å²) in [6.07, 6.45) is 1.73. The number of aromatic nitrogens is 1. The van der Waals surface area contributed by atoms with Crippen molar-refractivity contribution in [3.63, 3.8) is 0 Å². The highest BCUT2D eigenvalue weighted by atomic mass is 79.9. The zero-order valence-corrected chi connectivity index (χ0v) is 10.1. The number of nitrogens with zero attached hydrogens (tertiary/aromatic N) is 1. The number of benzene rings is 1. The molecule has 2 N–H and O–H groups in total. The van der Waals surface area contributed by atoms with Crippen molar-refractivity contribution in [3.05, 3.63) is 52.8 Å². The van der Waals surface area contributed by atoms with Crippen LogP contribution in [-0.2, 0) is 6.54 Å². The Morgan fingerprint density at radius 3 is 2.88 bits per heavy atom. The van der Waals surface area contributed by atoms with Crippen LogP contribution >= 0.6 is 15.9 Å². The van der Waals surface area contributed by atoms with Crippen LogP contribution in [0, 0.1) is 0 Å². The van der Waals surface area contributed by atoms with E-state index in [0.717, 1.165) is 15.9 Å². The third-order valence-corrected chi connectivity index (χ3v) is 2.78. The predicted octanol–water partition coefficient (Wildman–Crippen LogP) is 3.16. The summed E-state index contributed by atoms with van der Waals surface area (Å²) < 4.78 is 0.787. The molecule has 16 heavy (non-hydrogen) atoms. The normalized spacial score (nSPS) is 10.1. The summed E-state index contributed by atoms with van der Waals surface area (Å²) in [4.78, 5) is 4.11. The van der Waals surface area contributed by atoms with E-state index in [2.05, 4.69) is 26.2 Å². The van der Waals surface area contributed by atoms with Crippen LogP contribution in [-0.4, -0.2) is 10.1 Å². The molecule has 0 atom stereocenters. The summed E-state index contributed by atoms with van der Waals surface area (Å²) in [6, 6.07) is 11.0. The molecule has 3 nitrogen and oxygen atoms in total. The van der Waals surface area contributed by atoms with Crippen LogP contribution in [0.25, 0.3) is 0 Å². The summed E-state index contributed by atoms with van der Waals surface area (Å²) in [5.41, 5.74) is 1.96. The zero-order valence-electron chi connectivity index (χ0n) is 8.52. The highest BCUT2D eigenvalue weighted by Gasteiger charge is 1.99. The van der Waals surface area contributed by atoms with E-state index in [0.29, 0.717) is 6.54 Å². The van der Waals surface area contributed by atoms with Gasteiger partial charge in [0.05, 0.1) is 5.69 Å². The van der Waals surface area contributed by atoms with E-state index >= 15 is 0 Å². The third-order valence-electron chi connectivity index (χ3n) is 2.15. The Morgan fingerprint density at radius 1 is 1.25 bits per heavy atom. The van der Waals surface area contributed by atoms with E-state index < -0.39 is 0 Å². The van der Waals surface area contributed by atoms with Crippen LogP contribution in [0.2, 0.25) is 0 Å². The van der Waals surface area contributed by atoms with Crippen LogP contribution in [0.4, 0.5) is 5.69 Å². The lowest BCUT2D eigenvalue weighted by Crippen LogP contribution is -2.00. The number of phenols is 1. The minimum atomic E-state index is 0.282. The molecule has 0 saturated heterocycles. The molecule has 1 aromatic carbocycles. The summed E-state index contributed by atoms with van der Waals surface area (Å²) in [7, 11) is 0. The maximum absolute atomic E-state index is 9.32. The molecule has 0 radical (unpaired) electrons. The van der Waals surface area contributed by atoms with Gasteiger partial charge in [0.25, 0.3) is 0 Å². The van der Waals surface area contributed by atoms with Crippen LogP contribution in [0.15, 0.2) is 47.2 Å². The molecule has 1 heterocycles. The van der Waals surface area contributed by atoms with Gasteiger partial charge in [0.1, 0.15) is 10.4 Å². The summed E-state index contributed by atoms with van der Waals surface area (Å²) >= 11 is 3.36. The molecule has 2 rings (SSSR count). The van der Waals surface area contributed by atoms with Crippen LogP contribution in [0.5, 0.6) is 5.75 Å². The van der Waals surface area contributed by atoms with Gasteiger partial charge in [-0.15, -0.1) is 0 Å². The van der Waals surface area contributed by atoms with Gasteiger partial charge in [0, 0.05) is 12.7 Å². The second kappa shape index (κ2) is 4.99. The molecule has 2 aromatic rings. The lowest BCUT2D eigenvalue weighted by Gasteiger charge is -2.07. The van der Waals surface area contributed by atoms with Gasteiger partial charge in [-0.25, -0.2) is 4.98 Å². The van der Waals surface area contributed by atoms with E-state index in [9.17, 15) is 5.11 Å². The van der Waals surface area contributed by atoms with Crippen molar-refractivity contribution >= 4 is 21.6 Å². The largest absolute Gasteiger partial charge is 0.508 e. The van der Waals surface area contributed by atoms with E-state index in [1.54, 1.807) is 18.3 Å². The number of pyridine rings is 1. The first-order valence-corrected chi connectivity index (χ1v) is 5.67. The zero-order chi connectivity index (χ0) is 11.4. The highest BCUT2D eigenvalue weighted by Crippen LogP contribution is 2.19. The first-order valence-electron chi connectivity index (χ1n) is 4.88. The van der Waals surface area contributed by atoms with Crippen molar-refractivity contribution < 1.29 is 5.11 Å². The number of anilines is 1. The van der Waals surface area contributed by atoms with Crippen molar-refractivity contribution in [2.75, 3.05) is 5.32 Å². The topological polar surface area (TPSA) is 45.1 Å². The highest BCUT2D eigenvalue weighted by molar-refractivity contribution is 9.10. The molecule has 4 heteroatoms. The van der Waals surface area contributed by atoms with E-state index in [1.165, 1.54) is 0 Å². The molecule has 0 saturated carbocycles. The van der Waals surface area contributed by atoms with E-state index in [-0.39, 0.29) is 5.75 Å². The fourth-order valence-corrected chi connectivity index (χ4v) is 1.77. The van der Waals surface area contributed by atoms with Gasteiger partial charge in [-0.05, 0) is 45.8 Å². The van der Waals surface area contributed by atoms with Gasteiger partial charge in [-0.2, -0.15) is 0 Å². The second-order valence-corrected chi connectivity index (χ2v) is 4.12. The molecule has 0 aliphatic carbocycles. The minimum Gasteiger partial charge on any atom is -0.508 e. The lowest BCUT2D eigenvalue weighted by molar-refractivity contribution is 0.474. The molecule has 1 aromatic heterocycles. The summed E-state index contributed by atoms with van der Waals surface area (Å²) in [5, 5.41) is 12.6. The van der Waals surface area contributed by atoms with Crippen molar-refractivity contribution in [3.8, 4) is 5.75 Å². The number of hydrogen-bond donors (Lipinski definition) is 2. The standard InChI is InChI=1S/C12H11BrN2O/c13-12-11(5-2-6-14-12)15-8-9-3-1-4-10(16)7-9/h1-7,15-16H,8H2. The van der Waals surface area contributed by atoms with E-state index in [4.69, 9.17) is 0 Å². The van der Waals surface area contributed by atoms with Crippen molar-refractivity contribution in [2.45, 2.75) is 6.54 Å². The fraction of sp³-hybridized carbons (Fsp3) is 0.0833. The predicted molar refractivity (Wildman–Crippen MR) is 67.4 cm³/mol. The van der Waals surface area contributed by atoms with Crippen LogP contribution in [0.3, 0.4) is 0 Å². The molecule has 0 amide bonds. The first kappa shape index (κ1) is 11.0. The molecular weight excluding hydrogens is 268 g/mol.